The first-order valence-corrected chi connectivity index (χ1v) is 7.33. The number of nitrogens with one attached hydrogen (secondary N) is 1. The van der Waals surface area contributed by atoms with E-state index < -0.39 is 18.8 Å². The van der Waals surface area contributed by atoms with Crippen LogP contribution < -0.4 is 14.8 Å². The van der Waals surface area contributed by atoms with Crippen molar-refractivity contribution in [3.63, 3.8) is 0 Å². The van der Waals surface area contributed by atoms with E-state index in [0.717, 1.165) is 18.4 Å². The summed E-state index contributed by atoms with van der Waals surface area (Å²) in [7, 11) is 0. The minimum atomic E-state index is -4.60. The van der Waals surface area contributed by atoms with E-state index in [1.165, 1.54) is 0 Å². The number of halogens is 3. The minimum Gasteiger partial charge on any atom is -0.486 e. The van der Waals surface area contributed by atoms with Crippen LogP contribution >= 0.6 is 0 Å². The third kappa shape index (κ3) is 3.47. The maximum Gasteiger partial charge on any atom is 0.415 e. The summed E-state index contributed by atoms with van der Waals surface area (Å²) in [4.78, 5) is 0. The highest BCUT2D eigenvalue weighted by atomic mass is 19.4. The number of fused-ring (bicyclic) bond motifs is 1. The molecule has 2 N–H and O–H groups in total. The van der Waals surface area contributed by atoms with Crippen molar-refractivity contribution >= 4 is 0 Å². The van der Waals surface area contributed by atoms with Gasteiger partial charge in [0.1, 0.15) is 13.2 Å². The van der Waals surface area contributed by atoms with Crippen molar-refractivity contribution in [3.8, 4) is 11.5 Å². The SMILES string of the molecule is OC(CNC(c1ccc2c(c1)OCCO2)C1CC1)C(F)(F)F. The lowest BCUT2D eigenvalue weighted by molar-refractivity contribution is -0.202. The predicted octanol–water partition coefficient (Wildman–Crippen LogP) is 2.42. The molecule has 1 heterocycles. The van der Waals surface area contributed by atoms with Crippen molar-refractivity contribution in [2.45, 2.75) is 31.2 Å². The average molecular weight is 317 g/mol. The normalized spacial score (nSPS) is 20.5. The number of ether oxygens (including phenoxy) is 2. The largest absolute Gasteiger partial charge is 0.486 e. The molecule has 1 aliphatic carbocycles. The molecule has 1 aromatic rings. The van der Waals surface area contributed by atoms with Gasteiger partial charge in [-0.1, -0.05) is 6.07 Å². The van der Waals surface area contributed by atoms with Gasteiger partial charge in [0, 0.05) is 12.6 Å². The molecule has 1 aliphatic heterocycles. The lowest BCUT2D eigenvalue weighted by Crippen LogP contribution is -2.40. The van der Waals surface area contributed by atoms with Gasteiger partial charge in [-0.05, 0) is 36.5 Å². The molecule has 2 unspecified atom stereocenters. The molecule has 0 saturated heterocycles. The second-order valence-corrected chi connectivity index (χ2v) is 5.68. The molecule has 0 amide bonds. The zero-order valence-corrected chi connectivity index (χ0v) is 11.9. The molecule has 2 atom stereocenters. The Bertz CT molecular complexity index is 531. The van der Waals surface area contributed by atoms with E-state index in [1.807, 2.05) is 12.1 Å². The van der Waals surface area contributed by atoms with Gasteiger partial charge in [-0.3, -0.25) is 0 Å². The van der Waals surface area contributed by atoms with Crippen LogP contribution in [-0.2, 0) is 0 Å². The highest BCUT2D eigenvalue weighted by Crippen LogP contribution is 2.43. The summed E-state index contributed by atoms with van der Waals surface area (Å²) in [6.07, 6.45) is -5.03. The van der Waals surface area contributed by atoms with Gasteiger partial charge < -0.3 is 19.9 Å². The van der Waals surface area contributed by atoms with E-state index in [4.69, 9.17) is 14.6 Å². The summed E-state index contributed by atoms with van der Waals surface area (Å²) in [5, 5.41) is 12.0. The lowest BCUT2D eigenvalue weighted by atomic mass is 10.0. The van der Waals surface area contributed by atoms with Gasteiger partial charge in [0.15, 0.2) is 17.6 Å². The summed E-state index contributed by atoms with van der Waals surface area (Å²) in [6.45, 7) is 0.443. The number of rotatable bonds is 5. The van der Waals surface area contributed by atoms with E-state index in [2.05, 4.69) is 5.32 Å². The molecular formula is C15H18F3NO3. The summed E-state index contributed by atoms with van der Waals surface area (Å²) < 4.78 is 48.2. The first-order chi connectivity index (χ1) is 10.4. The van der Waals surface area contributed by atoms with Crippen LogP contribution in [0.15, 0.2) is 18.2 Å². The van der Waals surface area contributed by atoms with Crippen molar-refractivity contribution in [1.82, 2.24) is 5.32 Å². The molecule has 2 aliphatic rings. The van der Waals surface area contributed by atoms with Crippen LogP contribution in [0.2, 0.25) is 0 Å². The third-order valence-corrected chi connectivity index (χ3v) is 3.93. The highest BCUT2D eigenvalue weighted by molar-refractivity contribution is 5.45. The Kier molecular flexibility index (Phi) is 4.18. The van der Waals surface area contributed by atoms with Gasteiger partial charge in [0.25, 0.3) is 0 Å². The molecule has 0 aromatic heterocycles. The molecular weight excluding hydrogens is 299 g/mol. The van der Waals surface area contributed by atoms with Crippen LogP contribution in [0, 0.1) is 5.92 Å². The summed E-state index contributed by atoms with van der Waals surface area (Å²) >= 11 is 0. The molecule has 122 valence electrons. The first kappa shape index (κ1) is 15.4. The number of hydrogen-bond acceptors (Lipinski definition) is 4. The standard InChI is InChI=1S/C15H18F3NO3/c16-15(17,18)13(20)8-19-14(9-1-2-9)10-3-4-11-12(7-10)22-6-5-21-11/h3-4,7,9,13-14,19-20H,1-2,5-6,8H2. The average Bonchev–Trinajstić information content (AvgIpc) is 3.31. The van der Waals surface area contributed by atoms with Gasteiger partial charge in [-0.2, -0.15) is 13.2 Å². The number of hydrogen-bond donors (Lipinski definition) is 2. The van der Waals surface area contributed by atoms with Gasteiger partial charge in [-0.25, -0.2) is 0 Å². The Labute approximate surface area is 126 Å². The summed E-state index contributed by atoms with van der Waals surface area (Å²) in [5.41, 5.74) is 0.862. The van der Waals surface area contributed by atoms with E-state index in [0.29, 0.717) is 30.6 Å². The van der Waals surface area contributed by atoms with Gasteiger partial charge >= 0.3 is 6.18 Å². The van der Waals surface area contributed by atoms with Gasteiger partial charge in [-0.15, -0.1) is 0 Å². The van der Waals surface area contributed by atoms with Crippen molar-refractivity contribution < 1.29 is 27.8 Å². The van der Waals surface area contributed by atoms with Gasteiger partial charge in [0.05, 0.1) is 0 Å². The van der Waals surface area contributed by atoms with Crippen LogP contribution in [0.5, 0.6) is 11.5 Å². The van der Waals surface area contributed by atoms with Crippen molar-refractivity contribution in [2.75, 3.05) is 19.8 Å². The molecule has 0 bridgehead atoms. The second kappa shape index (κ2) is 5.96. The van der Waals surface area contributed by atoms with Crippen LogP contribution in [-0.4, -0.2) is 37.1 Å². The molecule has 1 fully saturated rings. The fraction of sp³-hybridized carbons (Fsp3) is 0.600. The monoisotopic (exact) mass is 317 g/mol. The number of benzene rings is 1. The Morgan fingerprint density at radius 3 is 2.50 bits per heavy atom. The molecule has 0 spiro atoms. The Balaban J connectivity index is 1.71. The van der Waals surface area contributed by atoms with E-state index >= 15 is 0 Å². The van der Waals surface area contributed by atoms with Crippen molar-refractivity contribution in [2.24, 2.45) is 5.92 Å². The highest BCUT2D eigenvalue weighted by Gasteiger charge is 2.40. The van der Waals surface area contributed by atoms with Crippen LogP contribution in [0.1, 0.15) is 24.4 Å². The maximum absolute atomic E-state index is 12.4. The maximum atomic E-state index is 12.4. The van der Waals surface area contributed by atoms with E-state index in [9.17, 15) is 13.2 Å². The summed E-state index contributed by atoms with van der Waals surface area (Å²) in [6, 6.07) is 5.21. The quantitative estimate of drug-likeness (QED) is 0.876. The Morgan fingerprint density at radius 2 is 1.86 bits per heavy atom. The van der Waals surface area contributed by atoms with Crippen LogP contribution in [0.25, 0.3) is 0 Å². The van der Waals surface area contributed by atoms with Crippen LogP contribution in [0.3, 0.4) is 0 Å². The van der Waals surface area contributed by atoms with E-state index in [-0.39, 0.29) is 6.04 Å². The molecule has 4 nitrogen and oxygen atoms in total. The van der Waals surface area contributed by atoms with Gasteiger partial charge in [0.2, 0.25) is 0 Å². The lowest BCUT2D eigenvalue weighted by Gasteiger charge is -2.24. The molecule has 0 radical (unpaired) electrons. The predicted molar refractivity (Wildman–Crippen MR) is 73.0 cm³/mol. The van der Waals surface area contributed by atoms with Crippen molar-refractivity contribution in [1.29, 1.82) is 0 Å². The smallest absolute Gasteiger partial charge is 0.415 e. The minimum absolute atomic E-state index is 0.215. The molecule has 7 heteroatoms. The zero-order valence-electron chi connectivity index (χ0n) is 11.9. The number of alkyl halides is 3. The third-order valence-electron chi connectivity index (χ3n) is 3.93. The Hall–Kier alpha value is -1.47. The fourth-order valence-corrected chi connectivity index (χ4v) is 2.59. The van der Waals surface area contributed by atoms with Crippen LogP contribution in [0.4, 0.5) is 13.2 Å². The molecule has 3 rings (SSSR count). The molecule has 1 saturated carbocycles. The number of aliphatic hydroxyl groups is 1. The fourth-order valence-electron chi connectivity index (χ4n) is 2.59. The first-order valence-electron chi connectivity index (χ1n) is 7.33. The molecule has 1 aromatic carbocycles. The molecule has 22 heavy (non-hydrogen) atoms. The topological polar surface area (TPSA) is 50.7 Å². The Morgan fingerprint density at radius 1 is 1.18 bits per heavy atom. The summed E-state index contributed by atoms with van der Waals surface area (Å²) in [5.74, 6) is 1.57. The second-order valence-electron chi connectivity index (χ2n) is 5.68. The van der Waals surface area contributed by atoms with Crippen molar-refractivity contribution in [3.05, 3.63) is 23.8 Å². The van der Waals surface area contributed by atoms with E-state index in [1.54, 1.807) is 6.07 Å². The zero-order chi connectivity index (χ0) is 15.7. The number of aliphatic hydroxyl groups excluding tert-OH is 1.